The second kappa shape index (κ2) is 14.2. The number of aromatic nitrogens is 3. The fraction of sp³-hybridized carbons (Fsp3) is 0.323. The van der Waals surface area contributed by atoms with Crippen LogP contribution in [0.1, 0.15) is 61.9 Å². The van der Waals surface area contributed by atoms with Gasteiger partial charge in [-0.3, -0.25) is 9.36 Å². The number of hydrogen-bond donors (Lipinski definition) is 2. The van der Waals surface area contributed by atoms with Gasteiger partial charge in [-0.25, -0.2) is 4.79 Å². The Hall–Kier alpha value is -3.55. The summed E-state index contributed by atoms with van der Waals surface area (Å²) in [5, 5.41) is 18.7. The summed E-state index contributed by atoms with van der Waals surface area (Å²) in [6, 6.07) is 22.3. The first-order valence-corrected chi connectivity index (χ1v) is 14.4. The average Bonchev–Trinajstić information content (AvgIpc) is 3.25. The summed E-state index contributed by atoms with van der Waals surface area (Å²) in [7, 11) is 0. The van der Waals surface area contributed by atoms with Crippen LogP contribution < -0.4 is 11.0 Å². The van der Waals surface area contributed by atoms with Crippen LogP contribution in [0.2, 0.25) is 10.0 Å². The van der Waals surface area contributed by atoms with Gasteiger partial charge >= 0.3 is 11.7 Å². The number of unbranched alkanes of at least 4 members (excludes halogenated alkanes) is 2. The van der Waals surface area contributed by atoms with E-state index in [0.29, 0.717) is 40.7 Å². The molecule has 1 heterocycles. The first-order chi connectivity index (χ1) is 19.4. The molecule has 0 bridgehead atoms. The number of hydrogen-bond acceptors (Lipinski definition) is 4. The topological polar surface area (TPSA) is 89.2 Å². The van der Waals surface area contributed by atoms with E-state index in [4.69, 9.17) is 23.2 Å². The van der Waals surface area contributed by atoms with Gasteiger partial charge in [0.15, 0.2) is 0 Å². The summed E-state index contributed by atoms with van der Waals surface area (Å²) in [5.41, 5.74) is 2.99. The summed E-state index contributed by atoms with van der Waals surface area (Å²) in [4.78, 5) is 25.1. The molecule has 0 radical (unpaired) electrons. The summed E-state index contributed by atoms with van der Waals surface area (Å²) >= 11 is 12.6. The molecule has 0 spiro atoms. The Bertz CT molecular complexity index is 1480. The number of carboxylic acid groups (broad SMARTS) is 1. The normalized spacial score (nSPS) is 11.9. The number of nitrogens with one attached hydrogen (secondary N) is 1. The van der Waals surface area contributed by atoms with E-state index >= 15 is 0 Å². The fourth-order valence-corrected chi connectivity index (χ4v) is 5.17. The summed E-state index contributed by atoms with van der Waals surface area (Å²) < 4.78 is 3.11. The lowest BCUT2D eigenvalue weighted by Gasteiger charge is -2.14. The van der Waals surface area contributed by atoms with Gasteiger partial charge in [0.2, 0.25) is 0 Å². The summed E-state index contributed by atoms with van der Waals surface area (Å²) in [6.07, 6.45) is 4.76. The Kier molecular flexibility index (Phi) is 10.4. The lowest BCUT2D eigenvalue weighted by molar-refractivity contribution is -0.139. The minimum Gasteiger partial charge on any atom is -0.481 e. The van der Waals surface area contributed by atoms with E-state index in [1.165, 1.54) is 4.68 Å². The van der Waals surface area contributed by atoms with Crippen molar-refractivity contribution in [3.05, 3.63) is 110 Å². The molecule has 0 saturated heterocycles. The molecule has 1 aromatic heterocycles. The Balaban J connectivity index is 1.35. The molecule has 210 valence electrons. The van der Waals surface area contributed by atoms with E-state index < -0.39 is 11.9 Å². The molecule has 9 heteroatoms. The molecule has 0 amide bonds. The molecule has 0 aliphatic carbocycles. The van der Waals surface area contributed by atoms with E-state index in [2.05, 4.69) is 17.3 Å². The number of carbonyl (C=O) groups is 1. The van der Waals surface area contributed by atoms with Gasteiger partial charge in [-0.2, -0.15) is 4.68 Å². The van der Waals surface area contributed by atoms with Crippen LogP contribution >= 0.6 is 23.2 Å². The van der Waals surface area contributed by atoms with Gasteiger partial charge in [0, 0.05) is 23.7 Å². The standard InChI is InChI=1S/C31H34Cl2N4O3/c1-2-3-15-29-35-37(28-14-7-6-13-27(28)33)31(40)36(29)21-22-16-18-23(19-17-22)34-20-9-8-11-25(30(38)39)24-10-4-5-12-26(24)32/h4-7,10,12-14,16-19,25,34H,2-3,8-9,11,15,20-21H2,1H3,(H,38,39). The Labute approximate surface area is 244 Å². The number of aliphatic carboxylic acids is 1. The predicted octanol–water partition coefficient (Wildman–Crippen LogP) is 7.18. The van der Waals surface area contributed by atoms with Crippen molar-refractivity contribution in [3.63, 3.8) is 0 Å². The van der Waals surface area contributed by atoms with Crippen LogP contribution in [0.5, 0.6) is 0 Å². The van der Waals surface area contributed by atoms with E-state index in [-0.39, 0.29) is 5.69 Å². The highest BCUT2D eigenvalue weighted by molar-refractivity contribution is 6.32. The molecule has 0 aliphatic heterocycles. The number of rotatable bonds is 14. The molecule has 1 atom stereocenters. The predicted molar refractivity (Wildman–Crippen MR) is 161 cm³/mol. The largest absolute Gasteiger partial charge is 0.481 e. The van der Waals surface area contributed by atoms with Crippen LogP contribution in [-0.4, -0.2) is 32.0 Å². The molecule has 3 aromatic carbocycles. The third-order valence-corrected chi connectivity index (χ3v) is 7.56. The van der Waals surface area contributed by atoms with Crippen LogP contribution in [0.25, 0.3) is 5.69 Å². The Morgan fingerprint density at radius 1 is 0.950 bits per heavy atom. The van der Waals surface area contributed by atoms with Crippen LogP contribution in [0.15, 0.2) is 77.6 Å². The van der Waals surface area contributed by atoms with Gasteiger partial charge < -0.3 is 10.4 Å². The van der Waals surface area contributed by atoms with Gasteiger partial charge in [0.1, 0.15) is 5.82 Å². The molecule has 0 aliphatic rings. The molecule has 4 rings (SSSR count). The van der Waals surface area contributed by atoms with Crippen LogP contribution in [-0.2, 0) is 17.8 Å². The molecule has 40 heavy (non-hydrogen) atoms. The van der Waals surface area contributed by atoms with Crippen molar-refractivity contribution < 1.29 is 9.90 Å². The van der Waals surface area contributed by atoms with Crippen LogP contribution in [0.4, 0.5) is 5.69 Å². The molecule has 0 fully saturated rings. The molecular weight excluding hydrogens is 547 g/mol. The summed E-state index contributed by atoms with van der Waals surface area (Å²) in [5.74, 6) is -0.725. The van der Waals surface area contributed by atoms with Gasteiger partial charge in [0.05, 0.1) is 23.2 Å². The second-order valence-electron chi connectivity index (χ2n) is 9.78. The van der Waals surface area contributed by atoms with Gasteiger partial charge in [0.25, 0.3) is 0 Å². The number of carboxylic acids is 1. The maximum Gasteiger partial charge on any atom is 0.351 e. The van der Waals surface area contributed by atoms with Gasteiger partial charge in [-0.05, 0) is 60.7 Å². The van der Waals surface area contributed by atoms with Crippen LogP contribution in [0, 0.1) is 0 Å². The fourth-order valence-electron chi connectivity index (χ4n) is 4.68. The quantitative estimate of drug-likeness (QED) is 0.154. The lowest BCUT2D eigenvalue weighted by Crippen LogP contribution is -2.25. The van der Waals surface area contributed by atoms with Gasteiger partial charge in [-0.15, -0.1) is 5.10 Å². The number of para-hydroxylation sites is 1. The Morgan fingerprint density at radius 3 is 2.33 bits per heavy atom. The molecule has 4 aromatic rings. The zero-order valence-electron chi connectivity index (χ0n) is 22.5. The maximum absolute atomic E-state index is 13.3. The van der Waals surface area contributed by atoms with Gasteiger partial charge in [-0.1, -0.05) is 85.4 Å². The summed E-state index contributed by atoms with van der Waals surface area (Å²) in [6.45, 7) is 3.25. The number of benzene rings is 3. The highest BCUT2D eigenvalue weighted by Crippen LogP contribution is 2.29. The first-order valence-electron chi connectivity index (χ1n) is 13.6. The zero-order chi connectivity index (χ0) is 28.5. The zero-order valence-corrected chi connectivity index (χ0v) is 24.0. The molecular formula is C31H34Cl2N4O3. The van der Waals surface area contributed by atoms with Crippen molar-refractivity contribution in [3.8, 4) is 5.69 Å². The second-order valence-corrected chi connectivity index (χ2v) is 10.6. The average molecular weight is 582 g/mol. The number of anilines is 1. The SMILES string of the molecule is CCCCc1nn(-c2ccccc2Cl)c(=O)n1Cc1ccc(NCCCCC(C(=O)O)c2ccccc2Cl)cc1. The van der Waals surface area contributed by atoms with Crippen molar-refractivity contribution in [1.82, 2.24) is 14.3 Å². The number of aryl methyl sites for hydroxylation is 1. The maximum atomic E-state index is 13.3. The van der Waals surface area contributed by atoms with Crippen molar-refractivity contribution in [2.45, 2.75) is 57.9 Å². The van der Waals surface area contributed by atoms with Crippen molar-refractivity contribution in [2.75, 3.05) is 11.9 Å². The smallest absolute Gasteiger partial charge is 0.351 e. The Morgan fingerprint density at radius 2 is 1.65 bits per heavy atom. The van der Waals surface area contributed by atoms with E-state index in [1.54, 1.807) is 34.9 Å². The van der Waals surface area contributed by atoms with Crippen molar-refractivity contribution in [1.29, 1.82) is 0 Å². The minimum absolute atomic E-state index is 0.210. The molecule has 7 nitrogen and oxygen atoms in total. The third-order valence-electron chi connectivity index (χ3n) is 6.90. The van der Waals surface area contributed by atoms with Crippen molar-refractivity contribution >= 4 is 34.9 Å². The van der Waals surface area contributed by atoms with Crippen molar-refractivity contribution in [2.24, 2.45) is 0 Å². The monoisotopic (exact) mass is 580 g/mol. The first kappa shape index (κ1) is 29.4. The van der Waals surface area contributed by atoms with E-state index in [9.17, 15) is 14.7 Å². The number of nitrogens with zero attached hydrogens (tertiary/aromatic N) is 3. The number of halogens is 2. The molecule has 0 saturated carbocycles. The van der Waals surface area contributed by atoms with Crippen LogP contribution in [0.3, 0.4) is 0 Å². The lowest BCUT2D eigenvalue weighted by atomic mass is 9.93. The highest BCUT2D eigenvalue weighted by atomic mass is 35.5. The van der Waals surface area contributed by atoms with E-state index in [1.807, 2.05) is 42.5 Å². The minimum atomic E-state index is -0.856. The molecule has 2 N–H and O–H groups in total. The highest BCUT2D eigenvalue weighted by Gasteiger charge is 2.21. The van der Waals surface area contributed by atoms with E-state index in [0.717, 1.165) is 49.3 Å². The third kappa shape index (κ3) is 7.34. The molecule has 1 unspecified atom stereocenters.